The summed E-state index contributed by atoms with van der Waals surface area (Å²) in [6.45, 7) is 5.13. The van der Waals surface area contributed by atoms with E-state index in [1.165, 1.54) is 37.3 Å². The molecule has 0 aromatic heterocycles. The van der Waals surface area contributed by atoms with Crippen molar-refractivity contribution in [2.45, 2.75) is 50.2 Å². The van der Waals surface area contributed by atoms with Crippen LogP contribution in [0.5, 0.6) is 11.5 Å². The van der Waals surface area contributed by atoms with Crippen LogP contribution in [-0.2, 0) is 32.6 Å². The Bertz CT molecular complexity index is 1710. The molecule has 0 fully saturated rings. The zero-order valence-electron chi connectivity index (χ0n) is 26.8. The van der Waals surface area contributed by atoms with Crippen LogP contribution in [0.2, 0.25) is 0 Å². The third kappa shape index (κ3) is 8.66. The van der Waals surface area contributed by atoms with Gasteiger partial charge >= 0.3 is 0 Å². The molecule has 4 rings (SSSR count). The number of nitrogens with one attached hydrogen (secondary N) is 1. The molecule has 0 radical (unpaired) electrons. The summed E-state index contributed by atoms with van der Waals surface area (Å²) in [5, 5.41) is 3.03. The number of ether oxygens (including phenoxy) is 2. The van der Waals surface area contributed by atoms with Crippen molar-refractivity contribution in [1.82, 2.24) is 10.2 Å². The first-order valence-corrected chi connectivity index (χ1v) is 16.4. The molecule has 9 nitrogen and oxygen atoms in total. The van der Waals surface area contributed by atoms with Crippen LogP contribution >= 0.6 is 0 Å². The summed E-state index contributed by atoms with van der Waals surface area (Å²) < 4.78 is 40.3. The second-order valence-electron chi connectivity index (χ2n) is 11.8. The van der Waals surface area contributed by atoms with Crippen molar-refractivity contribution in [3.05, 3.63) is 120 Å². The van der Waals surface area contributed by atoms with Crippen molar-refractivity contribution < 1.29 is 27.5 Å². The SMILES string of the molecule is COc1ccc(N(CC(=O)N(Cc2ccccc2)C(Cc2ccccc2)C(=O)NC(C)(C)C)S(=O)(=O)c2ccccc2)cc1OC. The number of carbonyl (C=O) groups is 2. The topological polar surface area (TPSA) is 105 Å². The summed E-state index contributed by atoms with van der Waals surface area (Å²) in [5.41, 5.74) is 1.28. The average Bonchev–Trinajstić information content (AvgIpc) is 3.05. The zero-order valence-corrected chi connectivity index (χ0v) is 27.7. The lowest BCUT2D eigenvalue weighted by atomic mass is 10.0. The van der Waals surface area contributed by atoms with E-state index in [1.54, 1.807) is 30.3 Å². The van der Waals surface area contributed by atoms with Crippen LogP contribution in [0.15, 0.2) is 114 Å². The summed E-state index contributed by atoms with van der Waals surface area (Å²) in [4.78, 5) is 30.0. The van der Waals surface area contributed by atoms with E-state index in [0.29, 0.717) is 11.5 Å². The molecule has 2 amide bonds. The van der Waals surface area contributed by atoms with Crippen molar-refractivity contribution in [1.29, 1.82) is 0 Å². The van der Waals surface area contributed by atoms with Gasteiger partial charge in [-0.1, -0.05) is 78.9 Å². The van der Waals surface area contributed by atoms with E-state index in [2.05, 4.69) is 5.32 Å². The maximum Gasteiger partial charge on any atom is 0.264 e. The molecule has 242 valence electrons. The maximum atomic E-state index is 14.6. The van der Waals surface area contributed by atoms with E-state index < -0.39 is 34.1 Å². The highest BCUT2D eigenvalue weighted by Gasteiger charge is 2.35. The monoisotopic (exact) mass is 643 g/mol. The molecule has 1 unspecified atom stereocenters. The van der Waals surface area contributed by atoms with Gasteiger partial charge in [0, 0.05) is 24.6 Å². The first kappa shape index (κ1) is 34.1. The van der Waals surface area contributed by atoms with Crippen LogP contribution in [0.25, 0.3) is 0 Å². The Morgan fingerprint density at radius 1 is 0.761 bits per heavy atom. The molecule has 46 heavy (non-hydrogen) atoms. The Kier molecular flexibility index (Phi) is 11.1. The van der Waals surface area contributed by atoms with E-state index in [1.807, 2.05) is 81.4 Å². The van der Waals surface area contributed by atoms with Crippen LogP contribution in [0.4, 0.5) is 5.69 Å². The summed E-state index contributed by atoms with van der Waals surface area (Å²) >= 11 is 0. The molecular formula is C36H41N3O6S. The molecule has 1 atom stereocenters. The molecule has 10 heteroatoms. The minimum absolute atomic E-state index is 0.0125. The molecule has 0 heterocycles. The standard InChI is InChI=1S/C36H41N3O6S/c1-36(2,3)37-35(41)31(23-27-15-9-6-10-16-27)38(25-28-17-11-7-12-18-28)34(40)26-39(46(42,43)30-19-13-8-14-20-30)29-21-22-32(44-4)33(24-29)45-5/h6-22,24,31H,23,25-26H2,1-5H3,(H,37,41). The number of hydrogen-bond acceptors (Lipinski definition) is 6. The lowest BCUT2D eigenvalue weighted by Gasteiger charge is -2.35. The zero-order chi connectivity index (χ0) is 33.3. The van der Waals surface area contributed by atoms with Crippen LogP contribution < -0.4 is 19.1 Å². The van der Waals surface area contributed by atoms with Gasteiger partial charge in [-0.25, -0.2) is 8.42 Å². The molecule has 0 aliphatic carbocycles. The Labute approximate surface area is 271 Å². The molecule has 0 bridgehead atoms. The molecule has 0 saturated heterocycles. The summed E-state index contributed by atoms with van der Waals surface area (Å²) in [6, 6.07) is 30.4. The maximum absolute atomic E-state index is 14.6. The number of sulfonamides is 1. The first-order chi connectivity index (χ1) is 21.9. The van der Waals surface area contributed by atoms with Crippen molar-refractivity contribution in [2.24, 2.45) is 0 Å². The normalized spacial score (nSPS) is 12.1. The Hall–Kier alpha value is -4.83. The van der Waals surface area contributed by atoms with E-state index in [0.717, 1.165) is 15.4 Å². The highest BCUT2D eigenvalue weighted by Crippen LogP contribution is 2.34. The molecular weight excluding hydrogens is 602 g/mol. The van der Waals surface area contributed by atoms with Gasteiger partial charge in [0.2, 0.25) is 11.8 Å². The number of amides is 2. The second kappa shape index (κ2) is 15.0. The number of hydrogen-bond donors (Lipinski definition) is 1. The quantitative estimate of drug-likeness (QED) is 0.208. The third-order valence-electron chi connectivity index (χ3n) is 7.23. The van der Waals surface area contributed by atoms with Crippen molar-refractivity contribution >= 4 is 27.5 Å². The van der Waals surface area contributed by atoms with Gasteiger partial charge in [0.05, 0.1) is 24.8 Å². The number of anilines is 1. The Morgan fingerprint density at radius 3 is 1.85 bits per heavy atom. The molecule has 0 aliphatic rings. The fourth-order valence-corrected chi connectivity index (χ4v) is 6.44. The summed E-state index contributed by atoms with van der Waals surface area (Å²) in [7, 11) is -1.31. The van der Waals surface area contributed by atoms with Gasteiger partial charge in [0.25, 0.3) is 10.0 Å². The minimum atomic E-state index is -4.24. The Morgan fingerprint density at radius 2 is 1.30 bits per heavy atom. The van der Waals surface area contributed by atoms with Crippen molar-refractivity contribution in [2.75, 3.05) is 25.1 Å². The van der Waals surface area contributed by atoms with E-state index >= 15 is 0 Å². The van der Waals surface area contributed by atoms with Gasteiger partial charge in [-0.3, -0.25) is 13.9 Å². The van der Waals surface area contributed by atoms with Gasteiger partial charge in [0.1, 0.15) is 12.6 Å². The fourth-order valence-electron chi connectivity index (χ4n) is 5.02. The molecule has 0 spiro atoms. The number of benzene rings is 4. The highest BCUT2D eigenvalue weighted by molar-refractivity contribution is 7.92. The second-order valence-corrected chi connectivity index (χ2v) is 13.7. The van der Waals surface area contributed by atoms with E-state index in [4.69, 9.17) is 9.47 Å². The third-order valence-corrected chi connectivity index (χ3v) is 9.02. The van der Waals surface area contributed by atoms with Gasteiger partial charge < -0.3 is 19.7 Å². The van der Waals surface area contributed by atoms with Crippen molar-refractivity contribution in [3.8, 4) is 11.5 Å². The average molecular weight is 644 g/mol. The van der Waals surface area contributed by atoms with Gasteiger partial charge in [0.15, 0.2) is 11.5 Å². The Balaban J connectivity index is 1.83. The first-order valence-electron chi connectivity index (χ1n) is 14.9. The molecule has 4 aromatic carbocycles. The molecule has 0 saturated carbocycles. The summed E-state index contributed by atoms with van der Waals surface area (Å²) in [5.74, 6) is -0.192. The van der Waals surface area contributed by atoms with E-state index in [9.17, 15) is 18.0 Å². The minimum Gasteiger partial charge on any atom is -0.493 e. The predicted octanol–water partition coefficient (Wildman–Crippen LogP) is 5.45. The fraction of sp³-hybridized carbons (Fsp3) is 0.278. The van der Waals surface area contributed by atoms with Crippen LogP contribution in [-0.4, -0.2) is 57.5 Å². The summed E-state index contributed by atoms with van der Waals surface area (Å²) in [6.07, 6.45) is 0.225. The molecule has 1 N–H and O–H groups in total. The van der Waals surface area contributed by atoms with Crippen LogP contribution in [0, 0.1) is 0 Å². The number of methoxy groups -OCH3 is 2. The number of rotatable bonds is 13. The number of nitrogens with zero attached hydrogens (tertiary/aromatic N) is 2. The van der Waals surface area contributed by atoms with Gasteiger partial charge in [-0.15, -0.1) is 0 Å². The lowest BCUT2D eigenvalue weighted by molar-refractivity contribution is -0.140. The van der Waals surface area contributed by atoms with Crippen molar-refractivity contribution in [3.63, 3.8) is 0 Å². The predicted molar refractivity (Wildman–Crippen MR) is 179 cm³/mol. The van der Waals surface area contributed by atoms with E-state index in [-0.39, 0.29) is 29.5 Å². The van der Waals surface area contributed by atoms with Gasteiger partial charge in [-0.05, 0) is 56.2 Å². The smallest absolute Gasteiger partial charge is 0.264 e. The largest absolute Gasteiger partial charge is 0.493 e. The lowest BCUT2D eigenvalue weighted by Crippen LogP contribution is -2.56. The number of carbonyl (C=O) groups excluding carboxylic acids is 2. The molecule has 0 aliphatic heterocycles. The highest BCUT2D eigenvalue weighted by atomic mass is 32.2. The van der Waals surface area contributed by atoms with Crippen LogP contribution in [0.3, 0.4) is 0 Å². The van der Waals surface area contributed by atoms with Crippen LogP contribution in [0.1, 0.15) is 31.9 Å². The van der Waals surface area contributed by atoms with Gasteiger partial charge in [-0.2, -0.15) is 0 Å². The molecule has 4 aromatic rings.